The standard InChI is InChI=1S/C13H22N2O4/c1-18-11(16)8-10-4-2-3-6-15(10)12(17)13(14)5-7-19-9-13/h10H,2-9,14H2,1H3. The van der Waals surface area contributed by atoms with Gasteiger partial charge in [-0.15, -0.1) is 0 Å². The van der Waals surface area contributed by atoms with Gasteiger partial charge in [-0.1, -0.05) is 0 Å². The number of ether oxygens (including phenoxy) is 2. The number of carbonyl (C=O) groups is 2. The topological polar surface area (TPSA) is 81.9 Å². The molecule has 2 saturated heterocycles. The van der Waals surface area contributed by atoms with E-state index in [2.05, 4.69) is 0 Å². The van der Waals surface area contributed by atoms with Gasteiger partial charge in [-0.3, -0.25) is 9.59 Å². The van der Waals surface area contributed by atoms with Crippen molar-refractivity contribution in [3.8, 4) is 0 Å². The molecule has 0 aliphatic carbocycles. The highest BCUT2D eigenvalue weighted by molar-refractivity contribution is 5.87. The Hall–Kier alpha value is -1.14. The number of hydrogen-bond acceptors (Lipinski definition) is 5. The van der Waals surface area contributed by atoms with Crippen LogP contribution in [0, 0.1) is 0 Å². The molecule has 2 aliphatic heterocycles. The first kappa shape index (κ1) is 14.3. The van der Waals surface area contributed by atoms with Crippen LogP contribution in [0.5, 0.6) is 0 Å². The van der Waals surface area contributed by atoms with Crippen LogP contribution in [-0.4, -0.2) is 55.2 Å². The molecule has 2 rings (SSSR count). The molecule has 0 spiro atoms. The minimum Gasteiger partial charge on any atom is -0.469 e. The van der Waals surface area contributed by atoms with E-state index >= 15 is 0 Å². The fourth-order valence-electron chi connectivity index (χ4n) is 2.79. The first-order chi connectivity index (χ1) is 9.07. The summed E-state index contributed by atoms with van der Waals surface area (Å²) in [6, 6.07) is -0.0882. The van der Waals surface area contributed by atoms with Gasteiger partial charge in [0, 0.05) is 19.2 Å². The van der Waals surface area contributed by atoms with E-state index in [-0.39, 0.29) is 30.9 Å². The van der Waals surface area contributed by atoms with E-state index in [1.165, 1.54) is 7.11 Å². The van der Waals surface area contributed by atoms with Gasteiger partial charge in [0.05, 0.1) is 20.1 Å². The second kappa shape index (κ2) is 5.88. The molecule has 0 radical (unpaired) electrons. The predicted octanol–water partition coefficient (Wildman–Crippen LogP) is 0.0484. The van der Waals surface area contributed by atoms with Gasteiger partial charge in [0.25, 0.3) is 0 Å². The van der Waals surface area contributed by atoms with E-state index < -0.39 is 5.54 Å². The number of methoxy groups -OCH3 is 1. The van der Waals surface area contributed by atoms with Crippen molar-refractivity contribution in [3.05, 3.63) is 0 Å². The molecule has 0 bridgehead atoms. The zero-order valence-corrected chi connectivity index (χ0v) is 11.4. The molecule has 19 heavy (non-hydrogen) atoms. The highest BCUT2D eigenvalue weighted by Crippen LogP contribution is 2.26. The Morgan fingerprint density at radius 1 is 1.47 bits per heavy atom. The summed E-state index contributed by atoms with van der Waals surface area (Å²) in [5.41, 5.74) is 5.22. The van der Waals surface area contributed by atoms with E-state index in [4.69, 9.17) is 15.2 Å². The van der Waals surface area contributed by atoms with Crippen molar-refractivity contribution in [1.29, 1.82) is 0 Å². The fourth-order valence-corrected chi connectivity index (χ4v) is 2.79. The first-order valence-electron chi connectivity index (χ1n) is 6.81. The summed E-state index contributed by atoms with van der Waals surface area (Å²) in [7, 11) is 1.37. The highest BCUT2D eigenvalue weighted by Gasteiger charge is 2.43. The summed E-state index contributed by atoms with van der Waals surface area (Å²) in [5.74, 6) is -0.364. The van der Waals surface area contributed by atoms with Gasteiger partial charge < -0.3 is 20.1 Å². The molecular formula is C13H22N2O4. The summed E-state index contributed by atoms with van der Waals surface area (Å²) in [5, 5.41) is 0. The zero-order valence-electron chi connectivity index (χ0n) is 11.4. The van der Waals surface area contributed by atoms with E-state index in [9.17, 15) is 9.59 Å². The monoisotopic (exact) mass is 270 g/mol. The van der Waals surface area contributed by atoms with Gasteiger partial charge in [0.1, 0.15) is 5.54 Å². The molecule has 0 saturated carbocycles. The maximum absolute atomic E-state index is 12.6. The zero-order chi connectivity index (χ0) is 13.9. The summed E-state index contributed by atoms with van der Waals surface area (Å²) in [4.78, 5) is 25.8. The molecule has 0 aromatic rings. The molecule has 0 aromatic heterocycles. The summed E-state index contributed by atoms with van der Waals surface area (Å²) in [6.07, 6.45) is 3.62. The van der Waals surface area contributed by atoms with Crippen LogP contribution in [0.15, 0.2) is 0 Å². The summed E-state index contributed by atoms with van der Waals surface area (Å²) in [6.45, 7) is 1.46. The lowest BCUT2D eigenvalue weighted by molar-refractivity contribution is -0.146. The maximum Gasteiger partial charge on any atom is 0.307 e. The molecule has 2 heterocycles. The number of amides is 1. The number of likely N-dealkylation sites (tertiary alicyclic amines) is 1. The molecule has 2 N–H and O–H groups in total. The Kier molecular flexibility index (Phi) is 4.42. The second-order valence-electron chi connectivity index (χ2n) is 5.39. The molecule has 108 valence electrons. The summed E-state index contributed by atoms with van der Waals surface area (Å²) >= 11 is 0. The Bertz CT molecular complexity index is 353. The van der Waals surface area contributed by atoms with Crippen LogP contribution < -0.4 is 5.73 Å². The number of nitrogens with two attached hydrogens (primary N) is 1. The molecule has 1 amide bonds. The Morgan fingerprint density at radius 3 is 2.89 bits per heavy atom. The number of rotatable bonds is 3. The average Bonchev–Trinajstić information content (AvgIpc) is 2.86. The molecule has 2 fully saturated rings. The molecule has 2 unspecified atom stereocenters. The second-order valence-corrected chi connectivity index (χ2v) is 5.39. The molecule has 0 aromatic carbocycles. The third kappa shape index (κ3) is 3.06. The Morgan fingerprint density at radius 2 is 2.26 bits per heavy atom. The van der Waals surface area contributed by atoms with Gasteiger partial charge in [0.2, 0.25) is 5.91 Å². The van der Waals surface area contributed by atoms with Gasteiger partial charge in [-0.05, 0) is 25.7 Å². The fraction of sp³-hybridized carbons (Fsp3) is 0.846. The van der Waals surface area contributed by atoms with E-state index in [0.29, 0.717) is 19.6 Å². The van der Waals surface area contributed by atoms with Crippen LogP contribution in [-0.2, 0) is 19.1 Å². The lowest BCUT2D eigenvalue weighted by atomic mass is 9.93. The Labute approximate surface area is 113 Å². The van der Waals surface area contributed by atoms with Crippen molar-refractivity contribution in [2.24, 2.45) is 5.73 Å². The molecule has 6 heteroatoms. The van der Waals surface area contributed by atoms with Crippen LogP contribution in [0.4, 0.5) is 0 Å². The van der Waals surface area contributed by atoms with Gasteiger partial charge in [-0.25, -0.2) is 0 Å². The molecule has 2 atom stereocenters. The third-order valence-corrected chi connectivity index (χ3v) is 4.00. The average molecular weight is 270 g/mol. The van der Waals surface area contributed by atoms with Crippen molar-refractivity contribution in [3.63, 3.8) is 0 Å². The van der Waals surface area contributed by atoms with Crippen LogP contribution in [0.25, 0.3) is 0 Å². The van der Waals surface area contributed by atoms with Gasteiger partial charge in [0.15, 0.2) is 0 Å². The predicted molar refractivity (Wildman–Crippen MR) is 68.3 cm³/mol. The lowest BCUT2D eigenvalue weighted by Crippen LogP contribution is -2.59. The van der Waals surface area contributed by atoms with Crippen molar-refractivity contribution in [2.75, 3.05) is 26.9 Å². The minimum absolute atomic E-state index is 0.0846. The highest BCUT2D eigenvalue weighted by atomic mass is 16.5. The van der Waals surface area contributed by atoms with Crippen molar-refractivity contribution < 1.29 is 19.1 Å². The van der Waals surface area contributed by atoms with Crippen LogP contribution >= 0.6 is 0 Å². The normalized spacial score (nSPS) is 31.3. The van der Waals surface area contributed by atoms with E-state index in [1.54, 1.807) is 4.90 Å². The number of carbonyl (C=O) groups excluding carboxylic acids is 2. The SMILES string of the molecule is COC(=O)CC1CCCCN1C(=O)C1(N)CCOC1. The molecule has 6 nitrogen and oxygen atoms in total. The van der Waals surface area contributed by atoms with Gasteiger partial charge >= 0.3 is 5.97 Å². The van der Waals surface area contributed by atoms with Crippen LogP contribution in [0.3, 0.4) is 0 Å². The summed E-state index contributed by atoms with van der Waals surface area (Å²) < 4.78 is 9.94. The number of hydrogen-bond donors (Lipinski definition) is 1. The van der Waals surface area contributed by atoms with Gasteiger partial charge in [-0.2, -0.15) is 0 Å². The Balaban J connectivity index is 2.06. The molecular weight excluding hydrogens is 248 g/mol. The van der Waals surface area contributed by atoms with Crippen molar-refractivity contribution >= 4 is 11.9 Å². The quantitative estimate of drug-likeness (QED) is 0.733. The largest absolute Gasteiger partial charge is 0.469 e. The molecule has 2 aliphatic rings. The minimum atomic E-state index is -0.911. The third-order valence-electron chi connectivity index (χ3n) is 4.00. The number of esters is 1. The van der Waals surface area contributed by atoms with Crippen molar-refractivity contribution in [2.45, 2.75) is 43.7 Å². The van der Waals surface area contributed by atoms with E-state index in [0.717, 1.165) is 19.3 Å². The lowest BCUT2D eigenvalue weighted by Gasteiger charge is -2.39. The van der Waals surface area contributed by atoms with Crippen LogP contribution in [0.1, 0.15) is 32.1 Å². The maximum atomic E-state index is 12.6. The van der Waals surface area contributed by atoms with E-state index in [1.807, 2.05) is 0 Å². The number of nitrogens with zero attached hydrogens (tertiary/aromatic N) is 1. The first-order valence-corrected chi connectivity index (χ1v) is 6.81. The smallest absolute Gasteiger partial charge is 0.307 e. The van der Waals surface area contributed by atoms with Crippen LogP contribution in [0.2, 0.25) is 0 Å². The van der Waals surface area contributed by atoms with Crippen molar-refractivity contribution in [1.82, 2.24) is 4.90 Å². The number of piperidine rings is 1.